The van der Waals surface area contributed by atoms with Gasteiger partial charge in [0, 0.05) is 0 Å². The van der Waals surface area contributed by atoms with Gasteiger partial charge in [-0.05, 0) is 63.4 Å². The zero-order chi connectivity index (χ0) is 17.0. The molecule has 2 aromatic rings. The second-order valence-electron chi connectivity index (χ2n) is 4.36. The molecule has 0 aliphatic carbocycles. The standard InChI is InChI=1S/C14H13Br2N3O3S/c1-3-22-13(21)12-7(2)18-14(23-12)19-17-6-8-4-9(15)11(20)10(16)5-8/h4-6,20H,3H2,1-2H3,(H,18,19)/b17-6+. The predicted molar refractivity (Wildman–Crippen MR) is 97.5 cm³/mol. The van der Waals surface area contributed by atoms with Crippen LogP contribution in [0.5, 0.6) is 5.75 Å². The fourth-order valence-corrected chi connectivity index (χ4v) is 3.68. The van der Waals surface area contributed by atoms with Crippen LogP contribution in [0.15, 0.2) is 26.2 Å². The Morgan fingerprint density at radius 2 is 2.13 bits per heavy atom. The third kappa shape index (κ3) is 4.52. The number of esters is 1. The number of hydrogen-bond donors (Lipinski definition) is 2. The van der Waals surface area contributed by atoms with Crippen LogP contribution < -0.4 is 5.43 Å². The third-order valence-corrected chi connectivity index (χ3v) is 4.92. The van der Waals surface area contributed by atoms with Gasteiger partial charge in [-0.15, -0.1) is 0 Å². The molecule has 0 spiro atoms. The minimum atomic E-state index is -0.383. The summed E-state index contributed by atoms with van der Waals surface area (Å²) >= 11 is 7.69. The third-order valence-electron chi connectivity index (χ3n) is 2.67. The van der Waals surface area contributed by atoms with E-state index in [1.54, 1.807) is 32.2 Å². The predicted octanol–water partition coefficient (Wildman–Crippen LogP) is 4.30. The molecule has 1 aromatic carbocycles. The summed E-state index contributed by atoms with van der Waals surface area (Å²) in [5, 5.41) is 14.2. The first-order chi connectivity index (χ1) is 10.9. The van der Waals surface area contributed by atoms with E-state index < -0.39 is 0 Å². The molecule has 0 aliphatic rings. The van der Waals surface area contributed by atoms with E-state index >= 15 is 0 Å². The SMILES string of the molecule is CCOC(=O)c1sc(N/N=C/c2cc(Br)c(O)c(Br)c2)nc1C. The maximum atomic E-state index is 11.7. The van der Waals surface area contributed by atoms with Crippen LogP contribution in [0, 0.1) is 6.92 Å². The van der Waals surface area contributed by atoms with Crippen LogP contribution in [0.1, 0.15) is 27.9 Å². The number of carbonyl (C=O) groups is 1. The van der Waals surface area contributed by atoms with Gasteiger partial charge in [0.05, 0.1) is 27.5 Å². The minimum Gasteiger partial charge on any atom is -0.506 e. The molecule has 2 N–H and O–H groups in total. The number of aromatic nitrogens is 1. The summed E-state index contributed by atoms with van der Waals surface area (Å²) in [6.07, 6.45) is 1.58. The molecule has 9 heteroatoms. The van der Waals surface area contributed by atoms with Crippen LogP contribution >= 0.6 is 43.2 Å². The Morgan fingerprint density at radius 1 is 1.48 bits per heavy atom. The van der Waals surface area contributed by atoms with E-state index in [0.717, 1.165) is 5.56 Å². The number of hydrazone groups is 1. The molecule has 1 heterocycles. The van der Waals surface area contributed by atoms with Crippen molar-refractivity contribution in [2.45, 2.75) is 13.8 Å². The van der Waals surface area contributed by atoms with Crippen LogP contribution in [0.4, 0.5) is 5.13 Å². The highest BCUT2D eigenvalue weighted by Crippen LogP contribution is 2.32. The van der Waals surface area contributed by atoms with Crippen molar-refractivity contribution >= 4 is 60.5 Å². The van der Waals surface area contributed by atoms with Gasteiger partial charge >= 0.3 is 5.97 Å². The van der Waals surface area contributed by atoms with Gasteiger partial charge in [-0.25, -0.2) is 9.78 Å². The molecule has 0 atom stereocenters. The summed E-state index contributed by atoms with van der Waals surface area (Å²) in [6, 6.07) is 3.45. The molecule has 0 aliphatic heterocycles. The van der Waals surface area contributed by atoms with Crippen molar-refractivity contribution in [3.63, 3.8) is 0 Å². The lowest BCUT2D eigenvalue weighted by molar-refractivity contribution is 0.0531. The molecule has 2 rings (SSSR count). The Bertz CT molecular complexity index is 739. The molecule has 0 saturated carbocycles. The van der Waals surface area contributed by atoms with Gasteiger partial charge < -0.3 is 9.84 Å². The number of anilines is 1. The number of thiazole rings is 1. The lowest BCUT2D eigenvalue weighted by Gasteiger charge is -2.01. The molecular weight excluding hydrogens is 450 g/mol. The molecule has 0 bridgehead atoms. The van der Waals surface area contributed by atoms with Crippen molar-refractivity contribution in [1.82, 2.24) is 4.98 Å². The van der Waals surface area contributed by atoms with Crippen molar-refractivity contribution in [3.05, 3.63) is 37.2 Å². The molecule has 0 unspecified atom stereocenters. The van der Waals surface area contributed by atoms with Crippen LogP contribution in [0.25, 0.3) is 0 Å². The number of phenolic OH excluding ortho intramolecular Hbond substituents is 1. The topological polar surface area (TPSA) is 83.8 Å². The van der Waals surface area contributed by atoms with Gasteiger partial charge in [0.1, 0.15) is 10.6 Å². The summed E-state index contributed by atoms with van der Waals surface area (Å²) in [7, 11) is 0. The Morgan fingerprint density at radius 3 is 2.74 bits per heavy atom. The first kappa shape index (κ1) is 17.9. The normalized spacial score (nSPS) is 11.0. The van der Waals surface area contributed by atoms with E-state index in [9.17, 15) is 9.90 Å². The number of ether oxygens (including phenoxy) is 1. The number of hydrogen-bond acceptors (Lipinski definition) is 7. The fraction of sp³-hybridized carbons (Fsp3) is 0.214. The van der Waals surface area contributed by atoms with E-state index in [0.29, 0.717) is 31.3 Å². The Hall–Kier alpha value is -1.45. The zero-order valence-electron chi connectivity index (χ0n) is 12.3. The van der Waals surface area contributed by atoms with Crippen molar-refractivity contribution in [3.8, 4) is 5.75 Å². The van der Waals surface area contributed by atoms with Gasteiger partial charge in [-0.2, -0.15) is 5.10 Å². The number of nitrogens with zero attached hydrogens (tertiary/aromatic N) is 2. The summed E-state index contributed by atoms with van der Waals surface area (Å²) in [5.41, 5.74) is 4.15. The van der Waals surface area contributed by atoms with Crippen LogP contribution in [-0.2, 0) is 4.74 Å². The highest BCUT2D eigenvalue weighted by molar-refractivity contribution is 9.11. The largest absolute Gasteiger partial charge is 0.506 e. The molecule has 0 radical (unpaired) electrons. The highest BCUT2D eigenvalue weighted by Gasteiger charge is 2.15. The van der Waals surface area contributed by atoms with Crippen molar-refractivity contribution in [2.75, 3.05) is 12.0 Å². The maximum absolute atomic E-state index is 11.7. The van der Waals surface area contributed by atoms with Crippen LogP contribution in [-0.4, -0.2) is 28.9 Å². The lowest BCUT2D eigenvalue weighted by atomic mass is 10.2. The Kier molecular flexibility index (Phi) is 6.14. The monoisotopic (exact) mass is 461 g/mol. The number of nitrogens with one attached hydrogen (secondary N) is 1. The molecule has 0 saturated heterocycles. The summed E-state index contributed by atoms with van der Waals surface area (Å²) < 4.78 is 6.08. The number of aromatic hydroxyl groups is 1. The fourth-order valence-electron chi connectivity index (χ4n) is 1.65. The van der Waals surface area contributed by atoms with E-state index in [1.807, 2.05) is 0 Å². The Labute approximate surface area is 153 Å². The summed E-state index contributed by atoms with van der Waals surface area (Å²) in [5.74, 6) is -0.254. The lowest BCUT2D eigenvalue weighted by Crippen LogP contribution is -2.03. The van der Waals surface area contributed by atoms with Gasteiger partial charge in [-0.1, -0.05) is 11.3 Å². The van der Waals surface area contributed by atoms with Gasteiger partial charge in [0.25, 0.3) is 0 Å². The number of aryl methyl sites for hydroxylation is 1. The maximum Gasteiger partial charge on any atom is 0.350 e. The van der Waals surface area contributed by atoms with E-state index in [-0.39, 0.29) is 11.7 Å². The first-order valence-corrected chi connectivity index (χ1v) is 8.94. The van der Waals surface area contributed by atoms with Crippen molar-refractivity contribution in [1.29, 1.82) is 0 Å². The van der Waals surface area contributed by atoms with E-state index in [2.05, 4.69) is 47.4 Å². The average molecular weight is 463 g/mol. The second kappa shape index (κ2) is 7.89. The van der Waals surface area contributed by atoms with Gasteiger partial charge in [-0.3, -0.25) is 5.43 Å². The molecule has 0 amide bonds. The van der Waals surface area contributed by atoms with Crippen molar-refractivity contribution in [2.24, 2.45) is 5.10 Å². The number of rotatable bonds is 5. The summed E-state index contributed by atoms with van der Waals surface area (Å²) in [6.45, 7) is 3.82. The molecule has 122 valence electrons. The van der Waals surface area contributed by atoms with Gasteiger partial charge in [0.15, 0.2) is 0 Å². The average Bonchev–Trinajstić information content (AvgIpc) is 2.86. The summed E-state index contributed by atoms with van der Waals surface area (Å²) in [4.78, 5) is 16.4. The van der Waals surface area contributed by atoms with E-state index in [4.69, 9.17) is 4.74 Å². The van der Waals surface area contributed by atoms with Crippen LogP contribution in [0.2, 0.25) is 0 Å². The van der Waals surface area contributed by atoms with Crippen molar-refractivity contribution < 1.29 is 14.6 Å². The molecule has 1 aromatic heterocycles. The highest BCUT2D eigenvalue weighted by atomic mass is 79.9. The smallest absolute Gasteiger partial charge is 0.350 e. The Balaban J connectivity index is 2.09. The second-order valence-corrected chi connectivity index (χ2v) is 7.06. The molecular formula is C14H13Br2N3O3S. The quantitative estimate of drug-likeness (QED) is 0.393. The minimum absolute atomic E-state index is 0.129. The zero-order valence-corrected chi connectivity index (χ0v) is 16.2. The number of halogens is 2. The van der Waals surface area contributed by atoms with Crippen LogP contribution in [0.3, 0.4) is 0 Å². The molecule has 6 nitrogen and oxygen atoms in total. The first-order valence-electron chi connectivity index (χ1n) is 6.54. The molecule has 0 fully saturated rings. The van der Waals surface area contributed by atoms with E-state index in [1.165, 1.54) is 11.3 Å². The van der Waals surface area contributed by atoms with Gasteiger partial charge in [0.2, 0.25) is 5.13 Å². The number of phenols is 1. The molecule has 23 heavy (non-hydrogen) atoms. The number of carbonyl (C=O) groups excluding carboxylic acids is 1. The number of benzene rings is 1.